The first-order valence-electron chi connectivity index (χ1n) is 9.14. The topological polar surface area (TPSA) is 80.8 Å². The number of ether oxygens (including phenoxy) is 2. The fourth-order valence-corrected chi connectivity index (χ4v) is 2.71. The van der Waals surface area contributed by atoms with Gasteiger partial charge in [0, 0.05) is 43.7 Å². The van der Waals surface area contributed by atoms with Gasteiger partial charge in [-0.25, -0.2) is 0 Å². The lowest BCUT2D eigenvalue weighted by atomic mass is 10.2. The molecule has 0 unspecified atom stereocenters. The lowest BCUT2D eigenvalue weighted by Gasteiger charge is -2.26. The van der Waals surface area contributed by atoms with Crippen LogP contribution in [0.25, 0.3) is 6.08 Å². The van der Waals surface area contributed by atoms with Crippen molar-refractivity contribution in [2.45, 2.75) is 6.54 Å². The van der Waals surface area contributed by atoms with E-state index in [1.54, 1.807) is 29.4 Å². The average Bonchev–Trinajstić information content (AvgIpc) is 2.76. The highest BCUT2D eigenvalue weighted by Gasteiger charge is 2.17. The quantitative estimate of drug-likeness (QED) is 0.738. The van der Waals surface area contributed by atoms with Crippen molar-refractivity contribution in [3.8, 4) is 5.75 Å². The number of amides is 2. The minimum atomic E-state index is -0.219. The normalized spacial score (nSPS) is 14.1. The van der Waals surface area contributed by atoms with Crippen LogP contribution in [0.4, 0.5) is 0 Å². The van der Waals surface area contributed by atoms with Gasteiger partial charge in [0.1, 0.15) is 5.75 Å². The SMILES string of the molecule is O=C(/C=C/c1ccccc1OCC(=O)N1CCOCC1)NCc1cccnc1. The van der Waals surface area contributed by atoms with Crippen molar-refractivity contribution < 1.29 is 19.1 Å². The Balaban J connectivity index is 1.53. The van der Waals surface area contributed by atoms with Crippen molar-refractivity contribution in [2.24, 2.45) is 0 Å². The molecule has 1 aromatic heterocycles. The van der Waals surface area contributed by atoms with Gasteiger partial charge < -0.3 is 19.7 Å². The highest BCUT2D eigenvalue weighted by Crippen LogP contribution is 2.19. The van der Waals surface area contributed by atoms with Crippen LogP contribution in [0.5, 0.6) is 5.75 Å². The van der Waals surface area contributed by atoms with Gasteiger partial charge in [-0.05, 0) is 23.8 Å². The standard InChI is InChI=1S/C21H23N3O4/c25-20(23-15-17-4-3-9-22-14-17)8-7-18-5-1-2-6-19(18)28-16-21(26)24-10-12-27-13-11-24/h1-9,14H,10-13,15-16H2,(H,23,25)/b8-7+. The Morgan fingerprint density at radius 1 is 1.18 bits per heavy atom. The third-order valence-electron chi connectivity index (χ3n) is 4.24. The zero-order chi connectivity index (χ0) is 19.6. The monoisotopic (exact) mass is 381 g/mol. The van der Waals surface area contributed by atoms with Crippen LogP contribution in [0.2, 0.25) is 0 Å². The van der Waals surface area contributed by atoms with Crippen LogP contribution in [-0.2, 0) is 20.9 Å². The number of benzene rings is 1. The Morgan fingerprint density at radius 3 is 2.79 bits per heavy atom. The van der Waals surface area contributed by atoms with Gasteiger partial charge >= 0.3 is 0 Å². The Bertz CT molecular complexity index is 817. The molecule has 2 aromatic rings. The van der Waals surface area contributed by atoms with Crippen LogP contribution in [0.1, 0.15) is 11.1 Å². The van der Waals surface area contributed by atoms with Crippen molar-refractivity contribution in [1.29, 1.82) is 0 Å². The maximum atomic E-state index is 12.2. The average molecular weight is 381 g/mol. The van der Waals surface area contributed by atoms with E-state index < -0.39 is 0 Å². The van der Waals surface area contributed by atoms with E-state index in [2.05, 4.69) is 10.3 Å². The van der Waals surface area contributed by atoms with Gasteiger partial charge in [0.25, 0.3) is 5.91 Å². The molecule has 0 aliphatic carbocycles. The molecule has 0 bridgehead atoms. The van der Waals surface area contributed by atoms with Gasteiger partial charge in [0.15, 0.2) is 6.61 Å². The maximum absolute atomic E-state index is 12.2. The number of nitrogens with zero attached hydrogens (tertiary/aromatic N) is 2. The molecule has 2 heterocycles. The van der Waals surface area contributed by atoms with Crippen LogP contribution in [0.15, 0.2) is 54.9 Å². The summed E-state index contributed by atoms with van der Waals surface area (Å²) in [6.07, 6.45) is 6.51. The van der Waals surface area contributed by atoms with Crippen molar-refractivity contribution in [3.63, 3.8) is 0 Å². The molecule has 1 saturated heterocycles. The van der Waals surface area contributed by atoms with Gasteiger partial charge in [-0.15, -0.1) is 0 Å². The molecule has 7 heteroatoms. The van der Waals surface area contributed by atoms with Crippen LogP contribution < -0.4 is 10.1 Å². The number of nitrogens with one attached hydrogen (secondary N) is 1. The van der Waals surface area contributed by atoms with Crippen molar-refractivity contribution in [2.75, 3.05) is 32.9 Å². The van der Waals surface area contributed by atoms with E-state index >= 15 is 0 Å². The molecular formula is C21H23N3O4. The molecular weight excluding hydrogens is 358 g/mol. The number of morpholine rings is 1. The summed E-state index contributed by atoms with van der Waals surface area (Å²) in [6.45, 7) is 2.64. The minimum Gasteiger partial charge on any atom is -0.483 e. The van der Waals surface area contributed by atoms with Gasteiger partial charge in [-0.1, -0.05) is 24.3 Å². The van der Waals surface area contributed by atoms with E-state index in [4.69, 9.17) is 9.47 Å². The number of pyridine rings is 1. The molecule has 0 spiro atoms. The Hall–Kier alpha value is -3.19. The summed E-state index contributed by atoms with van der Waals surface area (Å²) in [7, 11) is 0. The molecule has 1 fully saturated rings. The smallest absolute Gasteiger partial charge is 0.260 e. The molecule has 7 nitrogen and oxygen atoms in total. The minimum absolute atomic E-state index is 0.0436. The highest BCUT2D eigenvalue weighted by atomic mass is 16.5. The number of hydrogen-bond donors (Lipinski definition) is 1. The maximum Gasteiger partial charge on any atom is 0.260 e. The van der Waals surface area contributed by atoms with Crippen molar-refractivity contribution in [3.05, 3.63) is 66.0 Å². The van der Waals surface area contributed by atoms with E-state index in [1.807, 2.05) is 30.3 Å². The van der Waals surface area contributed by atoms with Crippen LogP contribution >= 0.6 is 0 Å². The summed E-state index contributed by atoms with van der Waals surface area (Å²) in [4.78, 5) is 30.0. The molecule has 146 valence electrons. The number of carbonyl (C=O) groups excluding carboxylic acids is 2. The van der Waals surface area contributed by atoms with Crippen molar-refractivity contribution >= 4 is 17.9 Å². The molecule has 1 aliphatic rings. The first kappa shape index (κ1) is 19.6. The van der Waals surface area contributed by atoms with E-state index in [0.717, 1.165) is 11.1 Å². The van der Waals surface area contributed by atoms with E-state index in [1.165, 1.54) is 6.08 Å². The largest absolute Gasteiger partial charge is 0.483 e. The zero-order valence-electron chi connectivity index (χ0n) is 15.5. The van der Waals surface area contributed by atoms with E-state index in [0.29, 0.717) is 38.6 Å². The van der Waals surface area contributed by atoms with Crippen molar-refractivity contribution in [1.82, 2.24) is 15.2 Å². The number of rotatable bonds is 7. The predicted molar refractivity (Wildman–Crippen MR) is 104 cm³/mol. The van der Waals surface area contributed by atoms with Crippen LogP contribution in [0, 0.1) is 0 Å². The molecule has 3 rings (SSSR count). The lowest BCUT2D eigenvalue weighted by Crippen LogP contribution is -2.43. The summed E-state index contributed by atoms with van der Waals surface area (Å²) in [5.74, 6) is 0.264. The van der Waals surface area contributed by atoms with Gasteiger partial charge in [0.2, 0.25) is 5.91 Å². The Kier molecular flexibility index (Phi) is 7.14. The molecule has 0 radical (unpaired) electrons. The summed E-state index contributed by atoms with van der Waals surface area (Å²) in [5.41, 5.74) is 1.66. The number of aromatic nitrogens is 1. The molecule has 2 amide bonds. The molecule has 1 N–H and O–H groups in total. The van der Waals surface area contributed by atoms with Crippen LogP contribution in [0.3, 0.4) is 0 Å². The molecule has 1 aromatic carbocycles. The number of carbonyl (C=O) groups is 2. The van der Waals surface area contributed by atoms with E-state index in [9.17, 15) is 9.59 Å². The second-order valence-electron chi connectivity index (χ2n) is 6.23. The Labute approximate surface area is 164 Å². The third-order valence-corrected chi connectivity index (χ3v) is 4.24. The Morgan fingerprint density at radius 2 is 2.00 bits per heavy atom. The summed E-state index contributed by atoms with van der Waals surface area (Å²) in [6, 6.07) is 11.0. The highest BCUT2D eigenvalue weighted by molar-refractivity contribution is 5.92. The zero-order valence-corrected chi connectivity index (χ0v) is 15.5. The molecule has 28 heavy (non-hydrogen) atoms. The second kappa shape index (κ2) is 10.2. The second-order valence-corrected chi connectivity index (χ2v) is 6.23. The van der Waals surface area contributed by atoms with Gasteiger partial charge in [-0.2, -0.15) is 0 Å². The molecule has 0 atom stereocenters. The van der Waals surface area contributed by atoms with Gasteiger partial charge in [-0.3, -0.25) is 14.6 Å². The molecule has 1 aliphatic heterocycles. The van der Waals surface area contributed by atoms with Gasteiger partial charge in [0.05, 0.1) is 13.2 Å². The first-order valence-corrected chi connectivity index (χ1v) is 9.14. The third kappa shape index (κ3) is 5.92. The van der Waals surface area contributed by atoms with Crippen LogP contribution in [-0.4, -0.2) is 54.6 Å². The summed E-state index contributed by atoms with van der Waals surface area (Å²) < 4.78 is 10.9. The first-order chi connectivity index (χ1) is 13.7. The lowest BCUT2D eigenvalue weighted by molar-refractivity contribution is -0.137. The predicted octanol–water partition coefficient (Wildman–Crippen LogP) is 1.65. The fraction of sp³-hybridized carbons (Fsp3) is 0.286. The number of para-hydroxylation sites is 1. The summed E-state index contributed by atoms with van der Waals surface area (Å²) in [5, 5.41) is 2.80. The number of hydrogen-bond acceptors (Lipinski definition) is 5. The van der Waals surface area contributed by atoms with E-state index in [-0.39, 0.29) is 18.4 Å². The molecule has 0 saturated carbocycles. The summed E-state index contributed by atoms with van der Waals surface area (Å²) >= 11 is 0. The fourth-order valence-electron chi connectivity index (χ4n) is 2.71.